The predicted molar refractivity (Wildman–Crippen MR) is 64.5 cm³/mol. The van der Waals surface area contributed by atoms with Gasteiger partial charge in [0.1, 0.15) is 5.82 Å². The number of halogens is 1. The van der Waals surface area contributed by atoms with E-state index in [1.807, 2.05) is 19.2 Å². The molecular formula is C12H17ClN2. The minimum Gasteiger partial charge on any atom is -0.366 e. The molecule has 0 aliphatic heterocycles. The second-order valence-corrected chi connectivity index (χ2v) is 4.83. The van der Waals surface area contributed by atoms with Crippen molar-refractivity contribution in [1.82, 2.24) is 4.98 Å². The molecule has 0 aromatic carbocycles. The van der Waals surface area contributed by atoms with Crippen molar-refractivity contribution in [2.24, 2.45) is 0 Å². The molecule has 1 saturated carbocycles. The summed E-state index contributed by atoms with van der Waals surface area (Å²) in [4.78, 5) is 4.34. The van der Waals surface area contributed by atoms with E-state index in [1.54, 1.807) is 0 Å². The predicted octanol–water partition coefficient (Wildman–Crippen LogP) is 3.35. The van der Waals surface area contributed by atoms with Crippen molar-refractivity contribution >= 4 is 17.4 Å². The summed E-state index contributed by atoms with van der Waals surface area (Å²) in [6.07, 6.45) is 6.68. The molecule has 1 fully saturated rings. The third-order valence-corrected chi connectivity index (χ3v) is 3.45. The van der Waals surface area contributed by atoms with Gasteiger partial charge in [-0.15, -0.1) is 11.6 Å². The molecule has 0 spiro atoms. The Morgan fingerprint density at radius 3 is 2.80 bits per heavy atom. The van der Waals surface area contributed by atoms with Gasteiger partial charge in [-0.1, -0.05) is 18.9 Å². The van der Waals surface area contributed by atoms with Crippen molar-refractivity contribution in [2.45, 2.75) is 44.0 Å². The van der Waals surface area contributed by atoms with Crippen LogP contribution in [0.2, 0.25) is 0 Å². The molecule has 2 nitrogen and oxygen atoms in total. The summed E-state index contributed by atoms with van der Waals surface area (Å²) in [7, 11) is 0. The van der Waals surface area contributed by atoms with Crippen LogP contribution in [0.5, 0.6) is 0 Å². The summed E-state index contributed by atoms with van der Waals surface area (Å²) in [5.74, 6) is 0.943. The molecule has 2 rings (SSSR count). The third-order valence-electron chi connectivity index (χ3n) is 2.93. The molecule has 1 N–H and O–H groups in total. The fourth-order valence-corrected chi connectivity index (χ4v) is 2.33. The van der Waals surface area contributed by atoms with Crippen molar-refractivity contribution in [3.63, 3.8) is 0 Å². The van der Waals surface area contributed by atoms with Gasteiger partial charge < -0.3 is 5.32 Å². The number of pyridine rings is 1. The zero-order valence-electron chi connectivity index (χ0n) is 9.04. The zero-order valence-corrected chi connectivity index (χ0v) is 9.80. The monoisotopic (exact) mass is 224 g/mol. The van der Waals surface area contributed by atoms with Gasteiger partial charge >= 0.3 is 0 Å². The molecular weight excluding hydrogens is 208 g/mol. The Kier molecular flexibility index (Phi) is 3.47. The fourth-order valence-electron chi connectivity index (χ4n) is 1.99. The van der Waals surface area contributed by atoms with E-state index < -0.39 is 0 Å². The van der Waals surface area contributed by atoms with E-state index in [9.17, 15) is 0 Å². The number of aryl methyl sites for hydroxylation is 1. The molecule has 1 heterocycles. The van der Waals surface area contributed by atoms with Crippen LogP contribution in [0.25, 0.3) is 0 Å². The summed E-state index contributed by atoms with van der Waals surface area (Å²) in [6.45, 7) is 2.04. The number of hydrogen-bond acceptors (Lipinski definition) is 2. The molecule has 0 radical (unpaired) electrons. The molecule has 82 valence electrons. The first-order valence-electron chi connectivity index (χ1n) is 5.59. The lowest BCUT2D eigenvalue weighted by Crippen LogP contribution is -2.33. The number of aromatic nitrogens is 1. The van der Waals surface area contributed by atoms with Crippen LogP contribution in [0.3, 0.4) is 0 Å². The molecule has 0 saturated heterocycles. The Hall–Kier alpha value is -0.760. The van der Waals surface area contributed by atoms with Gasteiger partial charge in [0.2, 0.25) is 0 Å². The third kappa shape index (κ3) is 2.85. The average molecular weight is 225 g/mol. The highest BCUT2D eigenvalue weighted by atomic mass is 35.5. The van der Waals surface area contributed by atoms with Crippen molar-refractivity contribution < 1.29 is 0 Å². The molecule has 2 unspecified atom stereocenters. The van der Waals surface area contributed by atoms with Gasteiger partial charge in [0.05, 0.1) is 5.38 Å². The number of rotatable bonds is 2. The van der Waals surface area contributed by atoms with Crippen molar-refractivity contribution in [1.29, 1.82) is 0 Å². The first-order valence-corrected chi connectivity index (χ1v) is 6.02. The van der Waals surface area contributed by atoms with Gasteiger partial charge in [-0.3, -0.25) is 0 Å². The molecule has 0 bridgehead atoms. The van der Waals surface area contributed by atoms with E-state index in [2.05, 4.69) is 16.4 Å². The Labute approximate surface area is 96.1 Å². The SMILES string of the molecule is Cc1ccc(NC2CCCCC2Cl)nc1. The minimum atomic E-state index is 0.252. The van der Waals surface area contributed by atoms with Crippen LogP contribution < -0.4 is 5.32 Å². The van der Waals surface area contributed by atoms with Crippen LogP contribution in [0.1, 0.15) is 31.2 Å². The van der Waals surface area contributed by atoms with Crippen LogP contribution in [-0.4, -0.2) is 16.4 Å². The molecule has 3 heteroatoms. The number of hydrogen-bond donors (Lipinski definition) is 1. The standard InChI is InChI=1S/C12H17ClN2/c1-9-6-7-12(14-8-9)15-11-5-3-2-4-10(11)13/h6-8,10-11H,2-5H2,1H3,(H,14,15). The van der Waals surface area contributed by atoms with Crippen LogP contribution >= 0.6 is 11.6 Å². The lowest BCUT2D eigenvalue weighted by molar-refractivity contribution is 0.468. The largest absolute Gasteiger partial charge is 0.366 e. The quantitative estimate of drug-likeness (QED) is 0.780. The van der Waals surface area contributed by atoms with E-state index in [0.717, 1.165) is 18.7 Å². The summed E-state index contributed by atoms with van der Waals surface area (Å²) >= 11 is 6.27. The molecule has 1 aromatic rings. The van der Waals surface area contributed by atoms with Crippen molar-refractivity contribution in [3.8, 4) is 0 Å². The Bertz CT molecular complexity index is 310. The average Bonchev–Trinajstić information content (AvgIpc) is 2.25. The van der Waals surface area contributed by atoms with Crippen LogP contribution in [0, 0.1) is 6.92 Å². The topological polar surface area (TPSA) is 24.9 Å². The minimum absolute atomic E-state index is 0.252. The van der Waals surface area contributed by atoms with Gasteiger partial charge in [-0.05, 0) is 31.4 Å². The van der Waals surface area contributed by atoms with Crippen molar-refractivity contribution in [2.75, 3.05) is 5.32 Å². The highest BCUT2D eigenvalue weighted by molar-refractivity contribution is 6.21. The molecule has 15 heavy (non-hydrogen) atoms. The van der Waals surface area contributed by atoms with E-state index in [0.29, 0.717) is 6.04 Å². The lowest BCUT2D eigenvalue weighted by Gasteiger charge is -2.28. The van der Waals surface area contributed by atoms with Gasteiger partial charge in [0.25, 0.3) is 0 Å². The Balaban J connectivity index is 1.98. The summed E-state index contributed by atoms with van der Waals surface area (Å²) < 4.78 is 0. The van der Waals surface area contributed by atoms with Crippen LogP contribution in [0.15, 0.2) is 18.3 Å². The van der Waals surface area contributed by atoms with Gasteiger partial charge in [0.15, 0.2) is 0 Å². The molecule has 1 aliphatic rings. The lowest BCUT2D eigenvalue weighted by atomic mass is 9.95. The van der Waals surface area contributed by atoms with Crippen LogP contribution in [-0.2, 0) is 0 Å². The van der Waals surface area contributed by atoms with E-state index in [4.69, 9.17) is 11.6 Å². The normalized spacial score (nSPS) is 26.3. The second kappa shape index (κ2) is 4.84. The van der Waals surface area contributed by atoms with E-state index >= 15 is 0 Å². The number of nitrogens with zero attached hydrogens (tertiary/aromatic N) is 1. The van der Waals surface area contributed by atoms with E-state index in [1.165, 1.54) is 18.4 Å². The first kappa shape index (κ1) is 10.7. The first-order chi connectivity index (χ1) is 7.25. The molecule has 0 amide bonds. The number of alkyl halides is 1. The van der Waals surface area contributed by atoms with Gasteiger partial charge in [-0.25, -0.2) is 4.98 Å². The van der Waals surface area contributed by atoms with Crippen molar-refractivity contribution in [3.05, 3.63) is 23.9 Å². The summed E-state index contributed by atoms with van der Waals surface area (Å²) in [6, 6.07) is 4.48. The highest BCUT2D eigenvalue weighted by Gasteiger charge is 2.22. The summed E-state index contributed by atoms with van der Waals surface area (Å²) in [5, 5.41) is 3.67. The van der Waals surface area contributed by atoms with E-state index in [-0.39, 0.29) is 5.38 Å². The molecule has 1 aliphatic carbocycles. The van der Waals surface area contributed by atoms with Gasteiger partial charge in [-0.2, -0.15) is 0 Å². The Morgan fingerprint density at radius 1 is 1.33 bits per heavy atom. The summed E-state index contributed by atoms with van der Waals surface area (Å²) in [5.41, 5.74) is 1.19. The number of nitrogens with one attached hydrogen (secondary N) is 1. The zero-order chi connectivity index (χ0) is 10.7. The maximum Gasteiger partial charge on any atom is 0.126 e. The maximum atomic E-state index is 6.27. The fraction of sp³-hybridized carbons (Fsp3) is 0.583. The molecule has 2 atom stereocenters. The smallest absolute Gasteiger partial charge is 0.126 e. The second-order valence-electron chi connectivity index (χ2n) is 4.27. The maximum absolute atomic E-state index is 6.27. The highest BCUT2D eigenvalue weighted by Crippen LogP contribution is 2.25. The molecule has 1 aromatic heterocycles. The number of anilines is 1. The Morgan fingerprint density at radius 2 is 2.13 bits per heavy atom. The van der Waals surface area contributed by atoms with Gasteiger partial charge in [0, 0.05) is 12.2 Å². The van der Waals surface area contributed by atoms with Crippen LogP contribution in [0.4, 0.5) is 5.82 Å².